The van der Waals surface area contributed by atoms with Crippen LogP contribution in [0.15, 0.2) is 24.3 Å². The normalized spacial score (nSPS) is 27.1. The molecule has 0 spiro atoms. The van der Waals surface area contributed by atoms with Gasteiger partial charge in [0.25, 0.3) is 0 Å². The number of para-hydroxylation sites is 1. The molecule has 1 fully saturated rings. The SMILES string of the molecule is CC(C)C1(CN2CCOc3ccccc3C2)CCNC1. The topological polar surface area (TPSA) is 24.5 Å². The molecule has 3 rings (SSSR count). The molecule has 0 bridgehead atoms. The first-order valence-corrected chi connectivity index (χ1v) is 7.83. The predicted molar refractivity (Wildman–Crippen MR) is 82.0 cm³/mol. The fourth-order valence-electron chi connectivity index (χ4n) is 3.53. The van der Waals surface area contributed by atoms with Crippen molar-refractivity contribution in [2.75, 3.05) is 32.8 Å². The van der Waals surface area contributed by atoms with E-state index in [9.17, 15) is 0 Å². The van der Waals surface area contributed by atoms with Gasteiger partial charge in [0.15, 0.2) is 0 Å². The quantitative estimate of drug-likeness (QED) is 0.916. The maximum Gasteiger partial charge on any atom is 0.123 e. The van der Waals surface area contributed by atoms with E-state index in [-0.39, 0.29) is 0 Å². The van der Waals surface area contributed by atoms with E-state index in [2.05, 4.69) is 48.3 Å². The maximum absolute atomic E-state index is 5.88. The van der Waals surface area contributed by atoms with Crippen molar-refractivity contribution in [1.29, 1.82) is 0 Å². The van der Waals surface area contributed by atoms with E-state index in [1.54, 1.807) is 0 Å². The Morgan fingerprint density at radius 2 is 2.20 bits per heavy atom. The number of hydrogen-bond acceptors (Lipinski definition) is 3. The molecule has 1 aromatic carbocycles. The number of nitrogens with one attached hydrogen (secondary N) is 1. The molecule has 0 radical (unpaired) electrons. The molecule has 3 heteroatoms. The number of benzene rings is 1. The van der Waals surface area contributed by atoms with Crippen molar-refractivity contribution in [3.8, 4) is 5.75 Å². The Labute approximate surface area is 122 Å². The summed E-state index contributed by atoms with van der Waals surface area (Å²) >= 11 is 0. The zero-order chi connectivity index (χ0) is 14.0. The molecular formula is C17H26N2O. The van der Waals surface area contributed by atoms with Crippen LogP contribution in [0.3, 0.4) is 0 Å². The minimum absolute atomic E-state index is 0.430. The first-order chi connectivity index (χ1) is 9.70. The molecule has 2 aliphatic rings. The van der Waals surface area contributed by atoms with Crippen LogP contribution >= 0.6 is 0 Å². The molecule has 3 nitrogen and oxygen atoms in total. The van der Waals surface area contributed by atoms with Crippen molar-refractivity contribution in [3.05, 3.63) is 29.8 Å². The zero-order valence-electron chi connectivity index (χ0n) is 12.7. The van der Waals surface area contributed by atoms with E-state index in [0.717, 1.165) is 37.9 Å². The molecule has 1 atom stereocenters. The summed E-state index contributed by atoms with van der Waals surface area (Å²) in [5.41, 5.74) is 1.76. The summed E-state index contributed by atoms with van der Waals surface area (Å²) < 4.78 is 5.88. The second-order valence-electron chi connectivity index (χ2n) is 6.61. The van der Waals surface area contributed by atoms with E-state index >= 15 is 0 Å². The Kier molecular flexibility index (Phi) is 3.99. The second kappa shape index (κ2) is 5.74. The van der Waals surface area contributed by atoms with Gasteiger partial charge in [-0.1, -0.05) is 32.0 Å². The monoisotopic (exact) mass is 274 g/mol. The van der Waals surface area contributed by atoms with Crippen LogP contribution in [0.1, 0.15) is 25.8 Å². The smallest absolute Gasteiger partial charge is 0.123 e. The molecule has 2 heterocycles. The van der Waals surface area contributed by atoms with Crippen molar-refractivity contribution < 1.29 is 4.74 Å². The number of nitrogens with zero attached hydrogens (tertiary/aromatic N) is 1. The Balaban J connectivity index is 1.75. The van der Waals surface area contributed by atoms with Gasteiger partial charge in [0, 0.05) is 31.7 Å². The van der Waals surface area contributed by atoms with Gasteiger partial charge in [0.2, 0.25) is 0 Å². The first kappa shape index (κ1) is 13.9. The standard InChI is InChI=1S/C17H26N2O/c1-14(2)17(7-8-18-12-17)13-19-9-10-20-16-6-4-3-5-15(16)11-19/h3-6,14,18H,7-13H2,1-2H3. The third-order valence-corrected chi connectivity index (χ3v) is 5.07. The summed E-state index contributed by atoms with van der Waals surface area (Å²) in [7, 11) is 0. The third-order valence-electron chi connectivity index (χ3n) is 5.07. The lowest BCUT2D eigenvalue weighted by atomic mass is 9.76. The van der Waals surface area contributed by atoms with Crippen molar-refractivity contribution in [3.63, 3.8) is 0 Å². The van der Waals surface area contributed by atoms with Crippen LogP contribution in [-0.2, 0) is 6.54 Å². The lowest BCUT2D eigenvalue weighted by Gasteiger charge is -2.37. The molecule has 2 aliphatic heterocycles. The van der Waals surface area contributed by atoms with Crippen LogP contribution in [0.4, 0.5) is 0 Å². The van der Waals surface area contributed by atoms with Gasteiger partial charge < -0.3 is 10.1 Å². The molecule has 20 heavy (non-hydrogen) atoms. The largest absolute Gasteiger partial charge is 0.492 e. The van der Waals surface area contributed by atoms with Crippen LogP contribution in [0.5, 0.6) is 5.75 Å². The van der Waals surface area contributed by atoms with Crippen LogP contribution in [0, 0.1) is 11.3 Å². The summed E-state index contributed by atoms with van der Waals surface area (Å²) in [5, 5.41) is 3.56. The number of fused-ring (bicyclic) bond motifs is 1. The minimum Gasteiger partial charge on any atom is -0.492 e. The molecule has 110 valence electrons. The van der Waals surface area contributed by atoms with Crippen LogP contribution < -0.4 is 10.1 Å². The number of hydrogen-bond donors (Lipinski definition) is 1. The lowest BCUT2D eigenvalue weighted by Crippen LogP contribution is -2.43. The highest BCUT2D eigenvalue weighted by molar-refractivity contribution is 5.33. The average Bonchev–Trinajstić information content (AvgIpc) is 2.81. The van der Waals surface area contributed by atoms with Crippen LogP contribution in [0.25, 0.3) is 0 Å². The minimum atomic E-state index is 0.430. The van der Waals surface area contributed by atoms with Gasteiger partial charge in [-0.25, -0.2) is 0 Å². The Morgan fingerprint density at radius 3 is 2.95 bits per heavy atom. The van der Waals surface area contributed by atoms with E-state index in [1.807, 2.05) is 0 Å². The molecule has 1 aromatic rings. The van der Waals surface area contributed by atoms with Gasteiger partial charge in [-0.05, 0) is 30.4 Å². The Bertz CT molecular complexity index is 452. The number of rotatable bonds is 3. The highest BCUT2D eigenvalue weighted by atomic mass is 16.5. The molecule has 1 N–H and O–H groups in total. The molecule has 0 saturated carbocycles. The van der Waals surface area contributed by atoms with E-state index in [0.29, 0.717) is 5.41 Å². The average molecular weight is 274 g/mol. The van der Waals surface area contributed by atoms with Crippen molar-refractivity contribution in [2.24, 2.45) is 11.3 Å². The highest BCUT2D eigenvalue weighted by Crippen LogP contribution is 2.36. The highest BCUT2D eigenvalue weighted by Gasteiger charge is 2.38. The fourth-order valence-corrected chi connectivity index (χ4v) is 3.53. The van der Waals surface area contributed by atoms with Crippen molar-refractivity contribution in [2.45, 2.75) is 26.8 Å². The van der Waals surface area contributed by atoms with Crippen LogP contribution in [-0.4, -0.2) is 37.7 Å². The molecule has 0 aromatic heterocycles. The second-order valence-corrected chi connectivity index (χ2v) is 6.61. The first-order valence-electron chi connectivity index (χ1n) is 7.83. The van der Waals surface area contributed by atoms with Crippen molar-refractivity contribution in [1.82, 2.24) is 10.2 Å². The lowest BCUT2D eigenvalue weighted by molar-refractivity contribution is 0.107. The third kappa shape index (κ3) is 2.70. The summed E-state index contributed by atoms with van der Waals surface area (Å²) in [6, 6.07) is 8.46. The number of ether oxygens (including phenoxy) is 1. The molecule has 0 aliphatic carbocycles. The van der Waals surface area contributed by atoms with Crippen LogP contribution in [0.2, 0.25) is 0 Å². The van der Waals surface area contributed by atoms with Gasteiger partial charge in [0.1, 0.15) is 12.4 Å². The molecular weight excluding hydrogens is 248 g/mol. The fraction of sp³-hybridized carbons (Fsp3) is 0.647. The van der Waals surface area contributed by atoms with Gasteiger partial charge >= 0.3 is 0 Å². The summed E-state index contributed by atoms with van der Waals surface area (Å²) in [4.78, 5) is 2.58. The predicted octanol–water partition coefficient (Wildman–Crippen LogP) is 2.52. The zero-order valence-corrected chi connectivity index (χ0v) is 12.7. The molecule has 0 amide bonds. The Morgan fingerprint density at radius 1 is 1.35 bits per heavy atom. The van der Waals surface area contributed by atoms with Gasteiger partial charge in [0.05, 0.1) is 0 Å². The van der Waals surface area contributed by atoms with E-state index in [4.69, 9.17) is 4.74 Å². The van der Waals surface area contributed by atoms with E-state index < -0.39 is 0 Å². The van der Waals surface area contributed by atoms with Crippen molar-refractivity contribution >= 4 is 0 Å². The van der Waals surface area contributed by atoms with Gasteiger partial charge in [-0.2, -0.15) is 0 Å². The summed E-state index contributed by atoms with van der Waals surface area (Å²) in [6.07, 6.45) is 1.30. The summed E-state index contributed by atoms with van der Waals surface area (Å²) in [5.74, 6) is 1.79. The Hall–Kier alpha value is -1.06. The molecule has 1 saturated heterocycles. The van der Waals surface area contributed by atoms with Gasteiger partial charge in [-0.15, -0.1) is 0 Å². The van der Waals surface area contributed by atoms with Gasteiger partial charge in [-0.3, -0.25) is 4.90 Å². The maximum atomic E-state index is 5.88. The summed E-state index contributed by atoms with van der Waals surface area (Å²) in [6.45, 7) is 11.1. The van der Waals surface area contributed by atoms with E-state index in [1.165, 1.54) is 25.1 Å². The molecule has 1 unspecified atom stereocenters.